The number of ether oxygens (including phenoxy) is 1. The van der Waals surface area contributed by atoms with Crippen molar-refractivity contribution in [2.45, 2.75) is 56.8 Å². The van der Waals surface area contributed by atoms with Gasteiger partial charge in [-0.3, -0.25) is 0 Å². The zero-order valence-corrected chi connectivity index (χ0v) is 20.8. The lowest BCUT2D eigenvalue weighted by molar-refractivity contribution is -0.143. The molecule has 1 fully saturated rings. The Morgan fingerprint density at radius 1 is 0.857 bits per heavy atom. The van der Waals surface area contributed by atoms with Gasteiger partial charge in [0.2, 0.25) is 0 Å². The molecule has 0 aliphatic carbocycles. The van der Waals surface area contributed by atoms with Crippen molar-refractivity contribution in [3.05, 3.63) is 58.7 Å². The predicted molar refractivity (Wildman–Crippen MR) is 129 cm³/mol. The molecule has 1 aliphatic heterocycles. The number of hydrogen-bond acceptors (Lipinski definition) is 3. The summed E-state index contributed by atoms with van der Waals surface area (Å²) in [5.41, 5.74) is -0.684. The Hall–Kier alpha value is -1.71. The first kappa shape index (κ1) is 27.9. The Bertz CT molecular complexity index is 937. The van der Waals surface area contributed by atoms with E-state index >= 15 is 0 Å². The molecule has 0 spiro atoms. The minimum atomic E-state index is -4.88. The van der Waals surface area contributed by atoms with Crippen molar-refractivity contribution in [1.82, 2.24) is 4.90 Å². The summed E-state index contributed by atoms with van der Waals surface area (Å²) in [6.07, 6.45) is -3.45. The van der Waals surface area contributed by atoms with E-state index in [1.165, 1.54) is 19.3 Å². The molecule has 3 rings (SSSR count). The fraction of sp³-hybridized carbons (Fsp3) is 0.538. The van der Waals surface area contributed by atoms with Crippen LogP contribution in [0.3, 0.4) is 0 Å². The number of benzene rings is 2. The van der Waals surface area contributed by atoms with Gasteiger partial charge in [0.15, 0.2) is 0 Å². The Morgan fingerprint density at radius 3 is 2.06 bits per heavy atom. The summed E-state index contributed by atoms with van der Waals surface area (Å²) in [6.45, 7) is 5.74. The van der Waals surface area contributed by atoms with Gasteiger partial charge in [-0.2, -0.15) is 38.1 Å². The highest BCUT2D eigenvalue weighted by molar-refractivity contribution is 7.99. The molecule has 1 saturated heterocycles. The molecule has 0 aromatic heterocycles. The van der Waals surface area contributed by atoms with Gasteiger partial charge in [-0.25, -0.2) is 0 Å². The number of likely N-dealkylation sites (tertiary alicyclic amines) is 1. The topological polar surface area (TPSA) is 12.5 Å². The second kappa shape index (κ2) is 12.0. The smallest absolute Gasteiger partial charge is 0.375 e. The fourth-order valence-corrected chi connectivity index (χ4v) is 4.56. The molecule has 2 aromatic rings. The molecular weight excluding hydrogens is 488 g/mol. The third-order valence-electron chi connectivity index (χ3n) is 6.30. The van der Waals surface area contributed by atoms with Crippen molar-refractivity contribution in [2.75, 3.05) is 32.5 Å². The van der Waals surface area contributed by atoms with Crippen molar-refractivity contribution >= 4 is 11.8 Å². The van der Waals surface area contributed by atoms with Gasteiger partial charge in [-0.05, 0) is 85.1 Å². The molecule has 2 nitrogen and oxygen atoms in total. The van der Waals surface area contributed by atoms with E-state index in [2.05, 4.69) is 11.8 Å². The van der Waals surface area contributed by atoms with Gasteiger partial charge in [0.05, 0.1) is 24.3 Å². The maximum absolute atomic E-state index is 13.3. The number of hydrogen-bond donors (Lipinski definition) is 0. The van der Waals surface area contributed by atoms with Crippen LogP contribution in [0.25, 0.3) is 11.1 Å². The highest BCUT2D eigenvalue weighted by atomic mass is 32.2. The molecule has 35 heavy (non-hydrogen) atoms. The quantitative estimate of drug-likeness (QED) is 0.249. The monoisotopic (exact) mass is 519 g/mol. The molecule has 9 heteroatoms. The van der Waals surface area contributed by atoms with E-state index in [4.69, 9.17) is 4.74 Å². The van der Waals surface area contributed by atoms with E-state index in [0.29, 0.717) is 17.4 Å². The van der Waals surface area contributed by atoms with Gasteiger partial charge in [0.1, 0.15) is 0 Å². The maximum atomic E-state index is 13.3. The van der Waals surface area contributed by atoms with Crippen molar-refractivity contribution in [2.24, 2.45) is 0 Å². The zero-order valence-electron chi connectivity index (χ0n) is 19.9. The van der Waals surface area contributed by atoms with Gasteiger partial charge < -0.3 is 9.64 Å². The molecule has 194 valence electrons. The summed E-state index contributed by atoms with van der Waals surface area (Å²) in [5, 5.41) is 0.304. The van der Waals surface area contributed by atoms with Crippen LogP contribution >= 0.6 is 11.8 Å². The van der Waals surface area contributed by atoms with Crippen LogP contribution in [0.4, 0.5) is 26.3 Å². The summed E-state index contributed by atoms with van der Waals surface area (Å²) >= 11 is 1.69. The molecule has 0 radical (unpaired) electrons. The van der Waals surface area contributed by atoms with Crippen LogP contribution < -0.4 is 0 Å². The minimum Gasteiger partial charge on any atom is -0.375 e. The first-order chi connectivity index (χ1) is 16.5. The summed E-state index contributed by atoms with van der Waals surface area (Å²) in [4.78, 5) is 2.35. The molecule has 1 unspecified atom stereocenters. The van der Waals surface area contributed by atoms with Crippen LogP contribution in [0, 0.1) is 0 Å². The van der Waals surface area contributed by atoms with E-state index in [1.54, 1.807) is 30.0 Å². The third-order valence-corrected chi connectivity index (χ3v) is 7.27. The molecule has 1 aliphatic rings. The number of thioether (sulfide) groups is 1. The van der Waals surface area contributed by atoms with Gasteiger partial charge in [0.25, 0.3) is 0 Å². The summed E-state index contributed by atoms with van der Waals surface area (Å²) in [6, 6.07) is 6.75. The van der Waals surface area contributed by atoms with Crippen molar-refractivity contribution in [3.63, 3.8) is 0 Å². The second-order valence-electron chi connectivity index (χ2n) is 8.98. The average molecular weight is 520 g/mol. The van der Waals surface area contributed by atoms with Crippen molar-refractivity contribution < 1.29 is 31.1 Å². The van der Waals surface area contributed by atoms with Gasteiger partial charge in [-0.15, -0.1) is 0 Å². The summed E-state index contributed by atoms with van der Waals surface area (Å²) < 4.78 is 86.0. The molecule has 0 N–H and O–H groups in total. The van der Waals surface area contributed by atoms with E-state index < -0.39 is 23.5 Å². The normalized spacial score (nSPS) is 16.5. The Balaban J connectivity index is 1.88. The zero-order chi connectivity index (χ0) is 25.6. The highest BCUT2D eigenvalue weighted by Gasteiger charge is 2.37. The predicted octanol–water partition coefficient (Wildman–Crippen LogP) is 7.69. The highest BCUT2D eigenvalue weighted by Crippen LogP contribution is 2.39. The fourth-order valence-electron chi connectivity index (χ4n) is 4.21. The van der Waals surface area contributed by atoms with Crippen LogP contribution in [-0.4, -0.2) is 42.6 Å². The van der Waals surface area contributed by atoms with Crippen LogP contribution in [0.2, 0.25) is 0 Å². The first-order valence-electron chi connectivity index (χ1n) is 11.7. The molecular formula is C26H31F6NOS. The lowest BCUT2D eigenvalue weighted by Gasteiger charge is -2.26. The number of rotatable bonds is 9. The molecule has 0 amide bonds. The van der Waals surface area contributed by atoms with E-state index in [0.717, 1.165) is 49.3 Å². The molecule has 1 heterocycles. The second-order valence-corrected chi connectivity index (χ2v) is 10.3. The SMILES string of the molecule is CSC(C)Cc1ccc(-c2cc(C(F)(F)F)cc(C(F)(F)F)c2)cc1COCCN1CCCCC1. The van der Waals surface area contributed by atoms with Crippen LogP contribution in [-0.2, 0) is 30.1 Å². The summed E-state index contributed by atoms with van der Waals surface area (Å²) in [5.74, 6) is 0. The van der Waals surface area contributed by atoms with Crippen LogP contribution in [0.15, 0.2) is 36.4 Å². The van der Waals surface area contributed by atoms with Crippen LogP contribution in [0.5, 0.6) is 0 Å². The van der Waals surface area contributed by atoms with Gasteiger partial charge in [0, 0.05) is 11.8 Å². The Labute approximate surface area is 207 Å². The number of nitrogens with zero attached hydrogens (tertiary/aromatic N) is 1. The molecule has 2 aromatic carbocycles. The van der Waals surface area contributed by atoms with Gasteiger partial charge >= 0.3 is 12.4 Å². The van der Waals surface area contributed by atoms with E-state index in [-0.39, 0.29) is 18.2 Å². The van der Waals surface area contributed by atoms with E-state index in [9.17, 15) is 26.3 Å². The third kappa shape index (κ3) is 8.15. The average Bonchev–Trinajstić information content (AvgIpc) is 2.81. The molecule has 0 bridgehead atoms. The lowest BCUT2D eigenvalue weighted by Crippen LogP contribution is -2.32. The molecule has 0 saturated carbocycles. The number of alkyl halides is 6. The van der Waals surface area contributed by atoms with Crippen molar-refractivity contribution in [3.8, 4) is 11.1 Å². The Morgan fingerprint density at radius 2 is 1.49 bits per heavy atom. The lowest BCUT2D eigenvalue weighted by atomic mass is 9.94. The summed E-state index contributed by atoms with van der Waals surface area (Å²) in [7, 11) is 0. The molecule has 1 atom stereocenters. The van der Waals surface area contributed by atoms with Gasteiger partial charge in [-0.1, -0.05) is 25.5 Å². The first-order valence-corrected chi connectivity index (χ1v) is 13.0. The number of halogens is 6. The van der Waals surface area contributed by atoms with Crippen LogP contribution in [0.1, 0.15) is 48.4 Å². The minimum absolute atomic E-state index is 0.119. The Kier molecular flexibility index (Phi) is 9.57. The maximum Gasteiger partial charge on any atom is 0.416 e. The standard InChI is InChI=1S/C26H31F6NOS/c1-18(35-2)12-19-6-7-20(13-22(19)17-34-11-10-33-8-4-3-5-9-33)21-14-23(25(27,28)29)16-24(15-21)26(30,31)32/h6-7,13-16,18H,3-5,8-12,17H2,1-2H3. The van der Waals surface area contributed by atoms with Crippen molar-refractivity contribution in [1.29, 1.82) is 0 Å². The van der Waals surface area contributed by atoms with E-state index in [1.807, 2.05) is 6.26 Å². The largest absolute Gasteiger partial charge is 0.416 e. The number of piperidine rings is 1.